The van der Waals surface area contributed by atoms with Crippen molar-refractivity contribution in [3.05, 3.63) is 64.4 Å². The first-order valence-electron chi connectivity index (χ1n) is 6.03. The van der Waals surface area contributed by atoms with E-state index in [-0.39, 0.29) is 5.91 Å². The summed E-state index contributed by atoms with van der Waals surface area (Å²) in [4.78, 5) is 17.9. The number of pyridine rings is 1. The van der Waals surface area contributed by atoms with Gasteiger partial charge in [0.15, 0.2) is 0 Å². The Labute approximate surface area is 121 Å². The topological polar surface area (TPSA) is 33.2 Å². The van der Waals surface area contributed by atoms with E-state index in [1.54, 1.807) is 17.3 Å². The zero-order valence-electron chi connectivity index (χ0n) is 10.7. The zero-order chi connectivity index (χ0) is 13.7. The van der Waals surface area contributed by atoms with Crippen LogP contribution in [0.5, 0.6) is 0 Å². The number of aromatic nitrogens is 1. The summed E-state index contributed by atoms with van der Waals surface area (Å²) in [5.74, 6) is 0.0868. The van der Waals surface area contributed by atoms with E-state index in [1.165, 1.54) is 0 Å². The Bertz CT molecular complexity index is 557. The number of hydrogen-bond donors (Lipinski definition) is 0. The lowest BCUT2D eigenvalue weighted by atomic mass is 10.1. The average Bonchev–Trinajstić information content (AvgIpc) is 2.42. The van der Waals surface area contributed by atoms with E-state index in [2.05, 4.69) is 20.9 Å². The van der Waals surface area contributed by atoms with Gasteiger partial charge in [0, 0.05) is 30.5 Å². The predicted octanol–water partition coefficient (Wildman–Crippen LogP) is 3.05. The van der Waals surface area contributed by atoms with E-state index >= 15 is 0 Å². The summed E-state index contributed by atoms with van der Waals surface area (Å²) in [6.07, 6.45) is 3.82. The molecule has 3 nitrogen and oxygen atoms in total. The van der Waals surface area contributed by atoms with Crippen LogP contribution in [0.4, 0.5) is 0 Å². The standard InChI is InChI=1S/C15H15BrN2O/c1-18(11-13-6-2-3-7-14(13)16)15(19)9-12-5-4-8-17-10-12/h2-8,10H,9,11H2,1H3. The van der Waals surface area contributed by atoms with Gasteiger partial charge in [0.1, 0.15) is 0 Å². The van der Waals surface area contributed by atoms with Gasteiger partial charge >= 0.3 is 0 Å². The molecule has 0 radical (unpaired) electrons. The van der Waals surface area contributed by atoms with Gasteiger partial charge in [0.05, 0.1) is 6.42 Å². The molecule has 0 saturated heterocycles. The number of likely N-dealkylation sites (N-methyl/N-ethyl adjacent to an activating group) is 1. The molecular formula is C15H15BrN2O. The van der Waals surface area contributed by atoms with Crippen molar-refractivity contribution in [1.29, 1.82) is 0 Å². The van der Waals surface area contributed by atoms with E-state index < -0.39 is 0 Å². The minimum absolute atomic E-state index is 0.0868. The first kappa shape index (κ1) is 13.7. The Kier molecular flexibility index (Phi) is 4.68. The molecule has 19 heavy (non-hydrogen) atoms. The van der Waals surface area contributed by atoms with Gasteiger partial charge in [-0.1, -0.05) is 40.2 Å². The van der Waals surface area contributed by atoms with Crippen molar-refractivity contribution in [2.75, 3.05) is 7.05 Å². The Morgan fingerprint density at radius 3 is 2.74 bits per heavy atom. The van der Waals surface area contributed by atoms with Crippen LogP contribution in [0.25, 0.3) is 0 Å². The zero-order valence-corrected chi connectivity index (χ0v) is 12.3. The van der Waals surface area contributed by atoms with Gasteiger partial charge in [-0.2, -0.15) is 0 Å². The molecule has 0 bridgehead atoms. The second-order valence-electron chi connectivity index (χ2n) is 4.38. The van der Waals surface area contributed by atoms with E-state index in [4.69, 9.17) is 0 Å². The van der Waals surface area contributed by atoms with Crippen molar-refractivity contribution in [2.45, 2.75) is 13.0 Å². The van der Waals surface area contributed by atoms with Crippen molar-refractivity contribution < 1.29 is 4.79 Å². The van der Waals surface area contributed by atoms with Crippen LogP contribution < -0.4 is 0 Å². The summed E-state index contributed by atoms with van der Waals surface area (Å²) in [6, 6.07) is 11.7. The highest BCUT2D eigenvalue weighted by Gasteiger charge is 2.11. The van der Waals surface area contributed by atoms with Gasteiger partial charge in [-0.15, -0.1) is 0 Å². The molecule has 0 aliphatic carbocycles. The first-order chi connectivity index (χ1) is 9.16. The van der Waals surface area contributed by atoms with Crippen LogP contribution in [-0.2, 0) is 17.8 Å². The molecule has 4 heteroatoms. The van der Waals surface area contributed by atoms with Crippen molar-refractivity contribution in [3.8, 4) is 0 Å². The second-order valence-corrected chi connectivity index (χ2v) is 5.23. The fourth-order valence-corrected chi connectivity index (χ4v) is 2.19. The average molecular weight is 319 g/mol. The van der Waals surface area contributed by atoms with Crippen LogP contribution in [-0.4, -0.2) is 22.8 Å². The maximum Gasteiger partial charge on any atom is 0.227 e. The van der Waals surface area contributed by atoms with Crippen LogP contribution in [0, 0.1) is 0 Å². The van der Waals surface area contributed by atoms with Gasteiger partial charge in [-0.05, 0) is 23.3 Å². The number of hydrogen-bond acceptors (Lipinski definition) is 2. The fourth-order valence-electron chi connectivity index (χ4n) is 1.78. The molecule has 1 aromatic carbocycles. The molecule has 1 amide bonds. The maximum atomic E-state index is 12.1. The van der Waals surface area contributed by atoms with Crippen LogP contribution in [0.3, 0.4) is 0 Å². The third-order valence-corrected chi connectivity index (χ3v) is 3.64. The molecule has 0 saturated carbocycles. The Hall–Kier alpha value is -1.68. The van der Waals surface area contributed by atoms with E-state index in [1.807, 2.05) is 43.4 Å². The van der Waals surface area contributed by atoms with Crippen molar-refractivity contribution >= 4 is 21.8 Å². The molecule has 0 unspecified atom stereocenters. The number of rotatable bonds is 4. The number of benzene rings is 1. The normalized spacial score (nSPS) is 10.2. The van der Waals surface area contributed by atoms with Crippen molar-refractivity contribution in [2.24, 2.45) is 0 Å². The highest BCUT2D eigenvalue weighted by atomic mass is 79.9. The SMILES string of the molecule is CN(Cc1ccccc1Br)C(=O)Cc1cccnc1. The monoisotopic (exact) mass is 318 g/mol. The number of carbonyl (C=O) groups is 1. The van der Waals surface area contributed by atoms with Crippen LogP contribution in [0.2, 0.25) is 0 Å². The van der Waals surface area contributed by atoms with E-state index in [9.17, 15) is 4.79 Å². The molecule has 98 valence electrons. The van der Waals surface area contributed by atoms with E-state index in [0.29, 0.717) is 13.0 Å². The fraction of sp³-hybridized carbons (Fsp3) is 0.200. The van der Waals surface area contributed by atoms with E-state index in [0.717, 1.165) is 15.6 Å². The second kappa shape index (κ2) is 6.48. The molecule has 2 aromatic rings. The van der Waals surface area contributed by atoms with Gasteiger partial charge < -0.3 is 4.90 Å². The molecule has 0 aliphatic rings. The highest BCUT2D eigenvalue weighted by molar-refractivity contribution is 9.10. The maximum absolute atomic E-state index is 12.1. The van der Waals surface area contributed by atoms with Gasteiger partial charge in [0.25, 0.3) is 0 Å². The van der Waals surface area contributed by atoms with Gasteiger partial charge in [-0.25, -0.2) is 0 Å². The minimum atomic E-state index is 0.0868. The largest absolute Gasteiger partial charge is 0.341 e. The number of carbonyl (C=O) groups excluding carboxylic acids is 1. The summed E-state index contributed by atoms with van der Waals surface area (Å²) < 4.78 is 1.02. The smallest absolute Gasteiger partial charge is 0.227 e. The summed E-state index contributed by atoms with van der Waals surface area (Å²) in [5.41, 5.74) is 2.04. The quantitative estimate of drug-likeness (QED) is 0.868. The number of amides is 1. The van der Waals surface area contributed by atoms with Gasteiger partial charge in [-0.3, -0.25) is 9.78 Å². The molecule has 0 aliphatic heterocycles. The molecule has 1 aromatic heterocycles. The van der Waals surface area contributed by atoms with Crippen LogP contribution >= 0.6 is 15.9 Å². The summed E-state index contributed by atoms with van der Waals surface area (Å²) in [7, 11) is 1.82. The Balaban J connectivity index is 1.98. The third kappa shape index (κ3) is 3.89. The molecule has 0 atom stereocenters. The molecule has 0 N–H and O–H groups in total. The van der Waals surface area contributed by atoms with Gasteiger partial charge in [0.2, 0.25) is 5.91 Å². The number of nitrogens with zero attached hydrogens (tertiary/aromatic N) is 2. The molecule has 1 heterocycles. The summed E-state index contributed by atoms with van der Waals surface area (Å²) in [5, 5.41) is 0. The first-order valence-corrected chi connectivity index (χ1v) is 6.82. The lowest BCUT2D eigenvalue weighted by Gasteiger charge is -2.18. The van der Waals surface area contributed by atoms with Crippen molar-refractivity contribution in [1.82, 2.24) is 9.88 Å². The lowest BCUT2D eigenvalue weighted by molar-refractivity contribution is -0.129. The summed E-state index contributed by atoms with van der Waals surface area (Å²) >= 11 is 3.49. The number of halogens is 1. The minimum Gasteiger partial charge on any atom is -0.341 e. The Morgan fingerprint density at radius 1 is 1.26 bits per heavy atom. The predicted molar refractivity (Wildman–Crippen MR) is 78.6 cm³/mol. The molecule has 2 rings (SSSR count). The lowest BCUT2D eigenvalue weighted by Crippen LogP contribution is -2.27. The summed E-state index contributed by atoms with van der Waals surface area (Å²) in [6.45, 7) is 0.598. The van der Waals surface area contributed by atoms with Crippen molar-refractivity contribution in [3.63, 3.8) is 0 Å². The Morgan fingerprint density at radius 2 is 2.05 bits per heavy atom. The third-order valence-electron chi connectivity index (χ3n) is 2.87. The molecule has 0 spiro atoms. The molecule has 0 fully saturated rings. The van der Waals surface area contributed by atoms with Crippen LogP contribution in [0.1, 0.15) is 11.1 Å². The van der Waals surface area contributed by atoms with Crippen LogP contribution in [0.15, 0.2) is 53.3 Å². The highest BCUT2D eigenvalue weighted by Crippen LogP contribution is 2.17. The molecular weight excluding hydrogens is 304 g/mol.